The SMILES string of the molecule is CCOc1ccc2ccccc2c1NC(=O)[C@H]1C(=O)N2[C@@H](C(=O)O)C(C)(C)S[C@@H]12. The molecule has 0 radical (unpaired) electrons. The molecule has 2 aromatic carbocycles. The minimum absolute atomic E-state index is 0.435. The van der Waals surface area contributed by atoms with Crippen molar-refractivity contribution in [2.24, 2.45) is 5.92 Å². The van der Waals surface area contributed by atoms with Gasteiger partial charge in [0.15, 0.2) is 0 Å². The van der Waals surface area contributed by atoms with E-state index in [-0.39, 0.29) is 0 Å². The summed E-state index contributed by atoms with van der Waals surface area (Å²) >= 11 is 1.36. The van der Waals surface area contributed by atoms with Gasteiger partial charge in [0.05, 0.1) is 17.7 Å². The highest BCUT2D eigenvalue weighted by Gasteiger charge is 2.65. The van der Waals surface area contributed by atoms with Crippen LogP contribution in [0.5, 0.6) is 5.75 Å². The van der Waals surface area contributed by atoms with Crippen molar-refractivity contribution < 1.29 is 24.2 Å². The van der Waals surface area contributed by atoms with Gasteiger partial charge in [-0.25, -0.2) is 4.79 Å². The minimum Gasteiger partial charge on any atom is -0.492 e. The molecule has 0 unspecified atom stereocenters. The van der Waals surface area contributed by atoms with Crippen LogP contribution in [-0.2, 0) is 14.4 Å². The maximum absolute atomic E-state index is 13.1. The first-order valence-electron chi connectivity index (χ1n) is 9.44. The third-order valence-corrected chi connectivity index (χ3v) is 6.97. The molecule has 0 aliphatic carbocycles. The van der Waals surface area contributed by atoms with E-state index in [0.29, 0.717) is 18.0 Å². The molecule has 2 amide bonds. The number of carboxylic acids is 1. The van der Waals surface area contributed by atoms with Crippen molar-refractivity contribution in [3.8, 4) is 5.75 Å². The Morgan fingerprint density at radius 2 is 1.97 bits per heavy atom. The van der Waals surface area contributed by atoms with Gasteiger partial charge in [-0.2, -0.15) is 0 Å². The van der Waals surface area contributed by atoms with Gasteiger partial charge in [-0.1, -0.05) is 30.3 Å². The second-order valence-electron chi connectivity index (χ2n) is 7.66. The summed E-state index contributed by atoms with van der Waals surface area (Å²) in [6.45, 7) is 5.87. The van der Waals surface area contributed by atoms with E-state index in [1.165, 1.54) is 16.7 Å². The molecule has 4 rings (SSSR count). The fourth-order valence-corrected chi connectivity index (χ4v) is 5.79. The van der Waals surface area contributed by atoms with E-state index in [0.717, 1.165) is 10.8 Å². The summed E-state index contributed by atoms with van der Waals surface area (Å²) in [7, 11) is 0. The summed E-state index contributed by atoms with van der Waals surface area (Å²) in [6, 6.07) is 10.4. The number of benzene rings is 2. The van der Waals surface area contributed by atoms with E-state index >= 15 is 0 Å². The van der Waals surface area contributed by atoms with Gasteiger partial charge in [0.25, 0.3) is 0 Å². The summed E-state index contributed by atoms with van der Waals surface area (Å²) in [4.78, 5) is 38.8. The lowest BCUT2D eigenvalue weighted by atomic mass is 9.91. The van der Waals surface area contributed by atoms with Gasteiger partial charge < -0.3 is 20.1 Å². The number of hydrogen-bond donors (Lipinski definition) is 2. The normalized spacial score (nSPS) is 24.7. The van der Waals surface area contributed by atoms with E-state index in [9.17, 15) is 19.5 Å². The number of aliphatic carboxylic acids is 1. The zero-order chi connectivity index (χ0) is 20.9. The van der Waals surface area contributed by atoms with E-state index in [1.807, 2.05) is 37.3 Å². The maximum Gasteiger partial charge on any atom is 0.327 e. The minimum atomic E-state index is -1.05. The zero-order valence-electron chi connectivity index (χ0n) is 16.3. The van der Waals surface area contributed by atoms with Crippen molar-refractivity contribution in [1.82, 2.24) is 4.90 Å². The molecule has 0 saturated carbocycles. The number of amides is 2. The van der Waals surface area contributed by atoms with E-state index in [1.54, 1.807) is 19.9 Å². The fourth-order valence-electron chi connectivity index (χ4n) is 4.11. The van der Waals surface area contributed by atoms with Crippen molar-refractivity contribution in [3.63, 3.8) is 0 Å². The van der Waals surface area contributed by atoms with Crippen LogP contribution in [0.3, 0.4) is 0 Å². The summed E-state index contributed by atoms with van der Waals surface area (Å²) in [5.74, 6) is -2.33. The first kappa shape index (κ1) is 19.6. The van der Waals surface area contributed by atoms with Crippen LogP contribution in [0.4, 0.5) is 5.69 Å². The first-order chi connectivity index (χ1) is 13.8. The molecule has 0 aromatic heterocycles. The number of carbonyl (C=O) groups is 3. The fraction of sp³-hybridized carbons (Fsp3) is 0.381. The number of anilines is 1. The van der Waals surface area contributed by atoms with Gasteiger partial charge in [0, 0.05) is 10.1 Å². The molecule has 0 bridgehead atoms. The largest absolute Gasteiger partial charge is 0.492 e. The maximum atomic E-state index is 13.1. The van der Waals surface area contributed by atoms with E-state index in [4.69, 9.17) is 4.74 Å². The summed E-state index contributed by atoms with van der Waals surface area (Å²) < 4.78 is 5.01. The van der Waals surface area contributed by atoms with Crippen molar-refractivity contribution >= 4 is 46.0 Å². The molecule has 0 spiro atoms. The third kappa shape index (κ3) is 3.02. The van der Waals surface area contributed by atoms with Gasteiger partial charge >= 0.3 is 5.97 Å². The lowest BCUT2D eigenvalue weighted by molar-refractivity contribution is -0.165. The molecule has 3 atom stereocenters. The molecule has 8 heteroatoms. The Kier molecular flexibility index (Phi) is 4.69. The second-order valence-corrected chi connectivity index (χ2v) is 9.43. The number of thioether (sulfide) groups is 1. The molecule has 29 heavy (non-hydrogen) atoms. The highest BCUT2D eigenvalue weighted by atomic mass is 32.2. The predicted octanol–water partition coefficient (Wildman–Crippen LogP) is 2.94. The number of carboxylic acid groups (broad SMARTS) is 1. The molecule has 2 fully saturated rings. The van der Waals surface area contributed by atoms with Gasteiger partial charge in [0.1, 0.15) is 17.7 Å². The molecule has 2 heterocycles. The van der Waals surface area contributed by atoms with Crippen LogP contribution in [0.25, 0.3) is 10.8 Å². The first-order valence-corrected chi connectivity index (χ1v) is 10.3. The van der Waals surface area contributed by atoms with Crippen LogP contribution in [0.1, 0.15) is 20.8 Å². The van der Waals surface area contributed by atoms with Crippen LogP contribution in [0.15, 0.2) is 36.4 Å². The van der Waals surface area contributed by atoms with Gasteiger partial charge in [-0.15, -0.1) is 11.8 Å². The topological polar surface area (TPSA) is 95.9 Å². The van der Waals surface area contributed by atoms with Gasteiger partial charge in [-0.05, 0) is 32.2 Å². The molecular formula is C21H22N2O5S. The molecule has 2 saturated heterocycles. The van der Waals surface area contributed by atoms with Crippen LogP contribution in [0.2, 0.25) is 0 Å². The molecule has 2 aliphatic rings. The quantitative estimate of drug-likeness (QED) is 0.577. The van der Waals surface area contributed by atoms with Gasteiger partial charge in [-0.3, -0.25) is 9.59 Å². The number of nitrogens with zero attached hydrogens (tertiary/aromatic N) is 1. The number of nitrogens with one attached hydrogen (secondary N) is 1. The van der Waals surface area contributed by atoms with Crippen molar-refractivity contribution in [2.45, 2.75) is 36.9 Å². The monoisotopic (exact) mass is 414 g/mol. The Bertz CT molecular complexity index is 1020. The second kappa shape index (κ2) is 6.95. The molecule has 2 N–H and O–H groups in total. The van der Waals surface area contributed by atoms with Crippen molar-refractivity contribution in [1.29, 1.82) is 0 Å². The number of hydrogen-bond acceptors (Lipinski definition) is 5. The van der Waals surface area contributed by atoms with Crippen LogP contribution in [-0.4, -0.2) is 50.6 Å². The summed E-state index contributed by atoms with van der Waals surface area (Å²) in [5.41, 5.74) is 0.526. The molecular weight excluding hydrogens is 392 g/mol. The Hall–Kier alpha value is -2.74. The molecule has 2 aliphatic heterocycles. The average molecular weight is 414 g/mol. The third-order valence-electron chi connectivity index (χ3n) is 5.40. The summed E-state index contributed by atoms with van der Waals surface area (Å²) in [5, 5.41) is 13.7. The Morgan fingerprint density at radius 1 is 1.24 bits per heavy atom. The number of fused-ring (bicyclic) bond motifs is 2. The van der Waals surface area contributed by atoms with E-state index in [2.05, 4.69) is 5.32 Å². The predicted molar refractivity (Wildman–Crippen MR) is 111 cm³/mol. The molecule has 7 nitrogen and oxygen atoms in total. The van der Waals surface area contributed by atoms with Crippen LogP contribution < -0.4 is 10.1 Å². The molecule has 152 valence electrons. The Labute approximate surface area is 172 Å². The van der Waals surface area contributed by atoms with Crippen LogP contribution >= 0.6 is 11.8 Å². The van der Waals surface area contributed by atoms with Crippen molar-refractivity contribution in [2.75, 3.05) is 11.9 Å². The van der Waals surface area contributed by atoms with Crippen LogP contribution in [0, 0.1) is 5.92 Å². The Morgan fingerprint density at radius 3 is 2.66 bits per heavy atom. The summed E-state index contributed by atoms with van der Waals surface area (Å²) in [6.07, 6.45) is 0. The lowest BCUT2D eigenvalue weighted by Crippen LogP contribution is -2.65. The number of carbonyl (C=O) groups excluding carboxylic acids is 2. The van der Waals surface area contributed by atoms with E-state index < -0.39 is 39.9 Å². The zero-order valence-corrected chi connectivity index (χ0v) is 17.2. The smallest absolute Gasteiger partial charge is 0.327 e. The number of β-lactam (4-membered cyclic amide) rings is 1. The lowest BCUT2D eigenvalue weighted by Gasteiger charge is -2.42. The number of ether oxygens (including phenoxy) is 1. The highest BCUT2D eigenvalue weighted by Crippen LogP contribution is 2.53. The van der Waals surface area contributed by atoms with Gasteiger partial charge in [0.2, 0.25) is 11.8 Å². The molecule has 2 aromatic rings. The number of rotatable bonds is 5. The van der Waals surface area contributed by atoms with Crippen molar-refractivity contribution in [3.05, 3.63) is 36.4 Å². The highest BCUT2D eigenvalue weighted by molar-refractivity contribution is 8.01. The standard InChI is InChI=1S/C21H22N2O5S/c1-4-28-13-10-9-11-7-5-6-8-12(11)15(13)22-17(24)14-18(25)23-16(20(26)27)21(2,3)29-19(14)23/h5-10,14,16,19H,4H2,1-3H3,(H,22,24)(H,26,27)/t14-,16-,19-/m0/s1. The average Bonchev–Trinajstić information content (AvgIpc) is 2.91. The Balaban J connectivity index is 1.64.